The van der Waals surface area contributed by atoms with Gasteiger partial charge in [-0.15, -0.1) is 0 Å². The number of nitrogens with zero attached hydrogens (tertiary/aromatic N) is 2. The van der Waals surface area contributed by atoms with Gasteiger partial charge in [-0.2, -0.15) is 4.98 Å². The van der Waals surface area contributed by atoms with Gasteiger partial charge in [0, 0.05) is 25.4 Å². The van der Waals surface area contributed by atoms with Crippen LogP contribution >= 0.6 is 0 Å². The van der Waals surface area contributed by atoms with Crippen molar-refractivity contribution in [2.24, 2.45) is 0 Å². The predicted octanol–water partition coefficient (Wildman–Crippen LogP) is 1.38. The Morgan fingerprint density at radius 1 is 1.48 bits per heavy atom. The Morgan fingerprint density at radius 3 is 3.05 bits per heavy atom. The lowest BCUT2D eigenvalue weighted by atomic mass is 10.2. The lowest BCUT2D eigenvalue weighted by Crippen LogP contribution is -2.38. The molecule has 2 rings (SSSR count). The van der Waals surface area contributed by atoms with E-state index < -0.39 is 0 Å². The topological polar surface area (TPSA) is 93.2 Å². The number of likely N-dealkylation sites (N-methyl/N-ethyl adjacent to an activating group) is 1. The normalized spacial score (nSPS) is 12.3. The maximum Gasteiger partial charge on any atom is 0.238 e. The Balaban J connectivity index is 1.74. The van der Waals surface area contributed by atoms with Gasteiger partial charge in [0.1, 0.15) is 0 Å². The highest BCUT2D eigenvalue weighted by molar-refractivity contribution is 5.76. The van der Waals surface area contributed by atoms with Crippen molar-refractivity contribution in [1.82, 2.24) is 20.8 Å². The Hall–Kier alpha value is -2.15. The van der Waals surface area contributed by atoms with Crippen LogP contribution in [0.1, 0.15) is 26.2 Å². The minimum absolute atomic E-state index is 0.0301. The third-order valence-corrected chi connectivity index (χ3v) is 2.93. The van der Waals surface area contributed by atoms with Gasteiger partial charge in [-0.05, 0) is 25.6 Å². The van der Waals surface area contributed by atoms with Crippen molar-refractivity contribution in [3.8, 4) is 11.6 Å². The summed E-state index contributed by atoms with van der Waals surface area (Å²) < 4.78 is 10.3. The fraction of sp³-hybridized carbons (Fsp3) is 0.500. The lowest BCUT2D eigenvalue weighted by molar-refractivity contribution is -0.121. The third kappa shape index (κ3) is 4.71. The molecule has 2 heterocycles. The molecule has 0 saturated carbocycles. The van der Waals surface area contributed by atoms with Crippen LogP contribution < -0.4 is 10.6 Å². The molecule has 0 bridgehead atoms. The number of rotatable bonds is 8. The number of nitrogens with one attached hydrogen (secondary N) is 2. The largest absolute Gasteiger partial charge is 0.461 e. The van der Waals surface area contributed by atoms with Crippen LogP contribution in [0.4, 0.5) is 0 Å². The van der Waals surface area contributed by atoms with Gasteiger partial charge in [-0.3, -0.25) is 4.79 Å². The van der Waals surface area contributed by atoms with Crippen molar-refractivity contribution in [2.45, 2.75) is 32.7 Å². The average molecular weight is 292 g/mol. The van der Waals surface area contributed by atoms with E-state index >= 15 is 0 Å². The van der Waals surface area contributed by atoms with Gasteiger partial charge >= 0.3 is 0 Å². The van der Waals surface area contributed by atoms with Crippen LogP contribution in [0.3, 0.4) is 0 Å². The maximum absolute atomic E-state index is 11.7. The molecule has 0 saturated heterocycles. The molecular weight excluding hydrogens is 272 g/mol. The summed E-state index contributed by atoms with van der Waals surface area (Å²) >= 11 is 0. The Morgan fingerprint density at radius 2 is 2.33 bits per heavy atom. The molecule has 0 aliphatic heterocycles. The van der Waals surface area contributed by atoms with Gasteiger partial charge in [0.05, 0.1) is 6.26 Å². The fourth-order valence-corrected chi connectivity index (χ4v) is 1.86. The van der Waals surface area contributed by atoms with Gasteiger partial charge in [-0.1, -0.05) is 12.1 Å². The van der Waals surface area contributed by atoms with Crippen LogP contribution in [0.2, 0.25) is 0 Å². The SMILES string of the molecule is CCN[C@H](C)CNC(=O)CCc1nc(-c2ccco2)no1. The Labute approximate surface area is 123 Å². The van der Waals surface area contributed by atoms with Crippen LogP contribution in [0.15, 0.2) is 27.3 Å². The quantitative estimate of drug-likeness (QED) is 0.763. The zero-order chi connectivity index (χ0) is 15.1. The monoisotopic (exact) mass is 292 g/mol. The van der Waals surface area contributed by atoms with E-state index in [0.717, 1.165) is 6.54 Å². The summed E-state index contributed by atoms with van der Waals surface area (Å²) in [6, 6.07) is 3.77. The molecule has 114 valence electrons. The molecule has 0 unspecified atom stereocenters. The second-order valence-electron chi connectivity index (χ2n) is 4.75. The summed E-state index contributed by atoms with van der Waals surface area (Å²) in [7, 11) is 0. The van der Waals surface area contributed by atoms with Gasteiger partial charge < -0.3 is 19.6 Å². The van der Waals surface area contributed by atoms with E-state index in [1.165, 1.54) is 0 Å². The van der Waals surface area contributed by atoms with Crippen molar-refractivity contribution in [3.63, 3.8) is 0 Å². The maximum atomic E-state index is 11.7. The van der Waals surface area contributed by atoms with Crippen LogP contribution in [-0.4, -0.2) is 35.2 Å². The lowest BCUT2D eigenvalue weighted by Gasteiger charge is -2.12. The van der Waals surface area contributed by atoms with Gasteiger partial charge in [0.15, 0.2) is 5.76 Å². The van der Waals surface area contributed by atoms with E-state index in [9.17, 15) is 4.79 Å². The fourth-order valence-electron chi connectivity index (χ4n) is 1.86. The van der Waals surface area contributed by atoms with E-state index in [1.807, 2.05) is 13.8 Å². The van der Waals surface area contributed by atoms with Crippen molar-refractivity contribution < 1.29 is 13.7 Å². The molecule has 2 aromatic heterocycles. The minimum Gasteiger partial charge on any atom is -0.461 e. The highest BCUT2D eigenvalue weighted by atomic mass is 16.5. The molecule has 21 heavy (non-hydrogen) atoms. The number of aryl methyl sites for hydroxylation is 1. The molecule has 7 nitrogen and oxygen atoms in total. The number of hydrogen-bond acceptors (Lipinski definition) is 6. The number of furan rings is 1. The molecule has 0 aliphatic rings. The summed E-state index contributed by atoms with van der Waals surface area (Å²) in [6.07, 6.45) is 2.28. The van der Waals surface area contributed by atoms with Crippen molar-refractivity contribution in [1.29, 1.82) is 0 Å². The summed E-state index contributed by atoms with van der Waals surface area (Å²) in [4.78, 5) is 15.9. The second kappa shape index (κ2) is 7.58. The van der Waals surface area contributed by atoms with Crippen molar-refractivity contribution >= 4 is 5.91 Å². The first-order valence-electron chi connectivity index (χ1n) is 7.05. The third-order valence-electron chi connectivity index (χ3n) is 2.93. The molecule has 0 spiro atoms. The number of carbonyl (C=O) groups excluding carboxylic acids is 1. The van der Waals surface area contributed by atoms with E-state index in [4.69, 9.17) is 8.94 Å². The molecule has 0 fully saturated rings. The molecular formula is C14H20N4O3. The van der Waals surface area contributed by atoms with Crippen LogP contribution in [0.5, 0.6) is 0 Å². The Bertz CT molecular complexity index is 550. The first kappa shape index (κ1) is 15.2. The summed E-state index contributed by atoms with van der Waals surface area (Å²) in [5, 5.41) is 9.90. The molecule has 2 N–H and O–H groups in total. The Kier molecular flexibility index (Phi) is 5.51. The molecule has 0 aromatic carbocycles. The predicted molar refractivity (Wildman–Crippen MR) is 76.5 cm³/mol. The van der Waals surface area contributed by atoms with Gasteiger partial charge in [0.2, 0.25) is 17.6 Å². The molecule has 0 radical (unpaired) electrons. The summed E-state index contributed by atoms with van der Waals surface area (Å²) in [6.45, 7) is 5.55. The smallest absolute Gasteiger partial charge is 0.238 e. The van der Waals surface area contributed by atoms with Crippen molar-refractivity contribution in [3.05, 3.63) is 24.3 Å². The highest BCUT2D eigenvalue weighted by Gasteiger charge is 2.12. The van der Waals surface area contributed by atoms with E-state index in [2.05, 4.69) is 20.8 Å². The zero-order valence-corrected chi connectivity index (χ0v) is 12.3. The minimum atomic E-state index is -0.0301. The van der Waals surface area contributed by atoms with Crippen molar-refractivity contribution in [2.75, 3.05) is 13.1 Å². The van der Waals surface area contributed by atoms with Crippen LogP contribution in [0.25, 0.3) is 11.6 Å². The number of aromatic nitrogens is 2. The molecule has 1 amide bonds. The van der Waals surface area contributed by atoms with Crippen LogP contribution in [-0.2, 0) is 11.2 Å². The van der Waals surface area contributed by atoms with Gasteiger partial charge in [-0.25, -0.2) is 0 Å². The summed E-state index contributed by atoms with van der Waals surface area (Å²) in [5.41, 5.74) is 0. The first-order valence-corrected chi connectivity index (χ1v) is 7.05. The molecule has 2 aromatic rings. The highest BCUT2D eigenvalue weighted by Crippen LogP contribution is 2.16. The summed E-state index contributed by atoms with van der Waals surface area (Å²) in [5.74, 6) is 1.35. The first-order chi connectivity index (χ1) is 10.2. The molecule has 7 heteroatoms. The average Bonchev–Trinajstić information content (AvgIpc) is 3.13. The molecule has 1 atom stereocenters. The van der Waals surface area contributed by atoms with Gasteiger partial charge in [0.25, 0.3) is 0 Å². The number of carbonyl (C=O) groups is 1. The van der Waals surface area contributed by atoms with E-state index in [0.29, 0.717) is 36.9 Å². The second-order valence-corrected chi connectivity index (χ2v) is 4.75. The van der Waals surface area contributed by atoms with E-state index in [-0.39, 0.29) is 11.9 Å². The standard InChI is InChI=1S/C14H20N4O3/c1-3-15-10(2)9-16-12(19)6-7-13-17-14(18-21-13)11-5-4-8-20-11/h4-5,8,10,15H,3,6-7,9H2,1-2H3,(H,16,19)/t10-/m1/s1. The number of hydrogen-bond donors (Lipinski definition) is 2. The number of amides is 1. The van der Waals surface area contributed by atoms with Crippen LogP contribution in [0, 0.1) is 0 Å². The zero-order valence-electron chi connectivity index (χ0n) is 12.3. The molecule has 0 aliphatic carbocycles. The van der Waals surface area contributed by atoms with E-state index in [1.54, 1.807) is 18.4 Å².